The van der Waals surface area contributed by atoms with Crippen molar-refractivity contribution < 1.29 is 4.79 Å². The van der Waals surface area contributed by atoms with Crippen molar-refractivity contribution in [3.05, 3.63) is 20.8 Å². The van der Waals surface area contributed by atoms with Gasteiger partial charge in [-0.1, -0.05) is 0 Å². The molecule has 2 heterocycles. The summed E-state index contributed by atoms with van der Waals surface area (Å²) in [5.74, 6) is 0.441. The van der Waals surface area contributed by atoms with Gasteiger partial charge >= 0.3 is 0 Å². The summed E-state index contributed by atoms with van der Waals surface area (Å²) in [5.41, 5.74) is 0. The average molecular weight is 289 g/mol. The van der Waals surface area contributed by atoms with Gasteiger partial charge < -0.3 is 10.2 Å². The Labute approximate surface area is 102 Å². The topological polar surface area (TPSA) is 32.3 Å². The fourth-order valence-electron chi connectivity index (χ4n) is 1.52. The molecule has 15 heavy (non-hydrogen) atoms. The smallest absolute Gasteiger partial charge is 0.228 e. The first-order valence-electron chi connectivity index (χ1n) is 4.85. The quantitative estimate of drug-likeness (QED) is 0.918. The van der Waals surface area contributed by atoms with Gasteiger partial charge in [0.1, 0.15) is 0 Å². The first kappa shape index (κ1) is 11.1. The van der Waals surface area contributed by atoms with Crippen LogP contribution in [0.25, 0.3) is 0 Å². The van der Waals surface area contributed by atoms with Gasteiger partial charge in [-0.15, -0.1) is 11.3 Å². The molecule has 0 unspecified atom stereocenters. The van der Waals surface area contributed by atoms with Crippen LogP contribution in [0.5, 0.6) is 0 Å². The monoisotopic (exact) mass is 288 g/mol. The van der Waals surface area contributed by atoms with E-state index in [4.69, 9.17) is 0 Å². The van der Waals surface area contributed by atoms with E-state index in [-0.39, 0.29) is 11.8 Å². The Hall–Kier alpha value is -0.390. The molecule has 1 aromatic rings. The highest BCUT2D eigenvalue weighted by atomic mass is 79.9. The molecule has 1 fully saturated rings. The fourth-order valence-corrected chi connectivity index (χ4v) is 3.03. The Morgan fingerprint density at radius 1 is 1.73 bits per heavy atom. The molecule has 1 aliphatic rings. The summed E-state index contributed by atoms with van der Waals surface area (Å²) in [6.07, 6.45) is 0. The maximum atomic E-state index is 11.8. The number of carbonyl (C=O) groups excluding carboxylic acids is 1. The molecule has 0 atom stereocenters. The number of hydrogen-bond donors (Lipinski definition) is 1. The fraction of sp³-hybridized carbons (Fsp3) is 0.500. The number of carbonyl (C=O) groups is 1. The number of nitrogens with zero attached hydrogens (tertiary/aromatic N) is 1. The normalized spacial score (nSPS) is 16.1. The SMILES string of the molecule is CN(Cc1cc(Br)cs1)C(=O)C1CNC1. The summed E-state index contributed by atoms with van der Waals surface area (Å²) >= 11 is 5.09. The highest BCUT2D eigenvalue weighted by Crippen LogP contribution is 2.21. The highest BCUT2D eigenvalue weighted by Gasteiger charge is 2.27. The van der Waals surface area contributed by atoms with Crippen LogP contribution >= 0.6 is 27.3 Å². The van der Waals surface area contributed by atoms with E-state index in [0.29, 0.717) is 6.54 Å². The van der Waals surface area contributed by atoms with Gasteiger partial charge in [0, 0.05) is 34.9 Å². The molecule has 0 aromatic carbocycles. The Bertz CT molecular complexity index is 362. The molecule has 0 radical (unpaired) electrons. The zero-order chi connectivity index (χ0) is 10.8. The Morgan fingerprint density at radius 2 is 2.47 bits per heavy atom. The van der Waals surface area contributed by atoms with Crippen LogP contribution in [0.15, 0.2) is 15.9 Å². The van der Waals surface area contributed by atoms with Gasteiger partial charge in [0.15, 0.2) is 0 Å². The molecule has 5 heteroatoms. The van der Waals surface area contributed by atoms with E-state index < -0.39 is 0 Å². The predicted molar refractivity (Wildman–Crippen MR) is 64.9 cm³/mol. The van der Waals surface area contributed by atoms with Crippen molar-refractivity contribution in [1.29, 1.82) is 0 Å². The van der Waals surface area contributed by atoms with Crippen molar-refractivity contribution in [2.75, 3.05) is 20.1 Å². The summed E-state index contributed by atoms with van der Waals surface area (Å²) in [7, 11) is 1.87. The molecule has 1 aromatic heterocycles. The van der Waals surface area contributed by atoms with Crippen molar-refractivity contribution in [2.45, 2.75) is 6.54 Å². The Balaban J connectivity index is 1.91. The van der Waals surface area contributed by atoms with Gasteiger partial charge in [-0.05, 0) is 22.0 Å². The van der Waals surface area contributed by atoms with E-state index >= 15 is 0 Å². The van der Waals surface area contributed by atoms with Crippen molar-refractivity contribution in [2.24, 2.45) is 5.92 Å². The molecular formula is C10H13BrN2OS. The molecule has 1 amide bonds. The Kier molecular flexibility index (Phi) is 3.43. The van der Waals surface area contributed by atoms with Gasteiger partial charge in [-0.25, -0.2) is 0 Å². The largest absolute Gasteiger partial charge is 0.340 e. The molecule has 2 rings (SSSR count). The molecule has 3 nitrogen and oxygen atoms in total. The third-order valence-electron chi connectivity index (χ3n) is 2.52. The first-order chi connectivity index (χ1) is 7.16. The van der Waals surface area contributed by atoms with Crippen LogP contribution in [0.2, 0.25) is 0 Å². The highest BCUT2D eigenvalue weighted by molar-refractivity contribution is 9.10. The van der Waals surface area contributed by atoms with Gasteiger partial charge in [0.25, 0.3) is 0 Å². The number of hydrogen-bond acceptors (Lipinski definition) is 3. The van der Waals surface area contributed by atoms with Crippen molar-refractivity contribution >= 4 is 33.2 Å². The average Bonchev–Trinajstić information content (AvgIpc) is 2.48. The molecule has 0 saturated carbocycles. The minimum absolute atomic E-state index is 0.193. The second-order valence-corrected chi connectivity index (χ2v) is 5.69. The van der Waals surface area contributed by atoms with Crippen molar-refractivity contribution in [1.82, 2.24) is 10.2 Å². The third-order valence-corrected chi connectivity index (χ3v) is 4.20. The van der Waals surface area contributed by atoms with Crippen LogP contribution in [0.1, 0.15) is 4.88 Å². The number of thiophene rings is 1. The molecule has 1 saturated heterocycles. The lowest BCUT2D eigenvalue weighted by Gasteiger charge is -2.30. The zero-order valence-corrected chi connectivity index (χ0v) is 10.9. The van der Waals surface area contributed by atoms with E-state index in [2.05, 4.69) is 27.3 Å². The van der Waals surface area contributed by atoms with Gasteiger partial charge in [0.2, 0.25) is 5.91 Å². The first-order valence-corrected chi connectivity index (χ1v) is 6.52. The maximum Gasteiger partial charge on any atom is 0.228 e. The number of nitrogens with one attached hydrogen (secondary N) is 1. The van der Waals surface area contributed by atoms with Crippen LogP contribution in [0.4, 0.5) is 0 Å². The molecule has 1 aliphatic heterocycles. The van der Waals surface area contributed by atoms with Gasteiger partial charge in [0.05, 0.1) is 12.5 Å². The minimum atomic E-state index is 0.193. The molecule has 0 spiro atoms. The van der Waals surface area contributed by atoms with Crippen LogP contribution in [0.3, 0.4) is 0 Å². The molecule has 1 N–H and O–H groups in total. The number of rotatable bonds is 3. The second-order valence-electron chi connectivity index (χ2n) is 3.78. The minimum Gasteiger partial charge on any atom is -0.340 e. The molecule has 0 aliphatic carbocycles. The molecular weight excluding hydrogens is 276 g/mol. The summed E-state index contributed by atoms with van der Waals surface area (Å²) < 4.78 is 1.09. The van der Waals surface area contributed by atoms with Gasteiger partial charge in [-0.3, -0.25) is 4.79 Å². The van der Waals surface area contributed by atoms with Crippen LogP contribution in [-0.4, -0.2) is 30.9 Å². The van der Waals surface area contributed by atoms with Crippen molar-refractivity contribution in [3.8, 4) is 0 Å². The molecule has 0 bridgehead atoms. The Morgan fingerprint density at radius 3 is 2.93 bits per heavy atom. The summed E-state index contributed by atoms with van der Waals surface area (Å²) in [6, 6.07) is 2.06. The lowest BCUT2D eigenvalue weighted by Crippen LogP contribution is -2.50. The van der Waals surface area contributed by atoms with E-state index in [1.807, 2.05) is 17.3 Å². The number of halogens is 1. The summed E-state index contributed by atoms with van der Waals surface area (Å²) in [5, 5.41) is 5.15. The molecule has 82 valence electrons. The van der Waals surface area contributed by atoms with E-state index in [1.54, 1.807) is 11.3 Å². The number of amides is 1. The lowest BCUT2D eigenvalue weighted by molar-refractivity contribution is -0.136. The summed E-state index contributed by atoms with van der Waals surface area (Å²) in [4.78, 5) is 14.8. The maximum absolute atomic E-state index is 11.8. The standard InChI is InChI=1S/C10H13BrN2OS/c1-13(10(14)7-3-12-4-7)5-9-2-8(11)6-15-9/h2,6-7,12H,3-5H2,1H3. The zero-order valence-electron chi connectivity index (χ0n) is 8.50. The van der Waals surface area contributed by atoms with Crippen molar-refractivity contribution in [3.63, 3.8) is 0 Å². The van der Waals surface area contributed by atoms with Crippen LogP contribution in [0, 0.1) is 5.92 Å². The van der Waals surface area contributed by atoms with E-state index in [9.17, 15) is 4.79 Å². The van der Waals surface area contributed by atoms with Crippen LogP contribution < -0.4 is 5.32 Å². The third kappa shape index (κ3) is 2.59. The van der Waals surface area contributed by atoms with Crippen LogP contribution in [-0.2, 0) is 11.3 Å². The second kappa shape index (κ2) is 4.63. The summed E-state index contributed by atoms with van der Waals surface area (Å²) in [6.45, 7) is 2.38. The van der Waals surface area contributed by atoms with E-state index in [1.165, 1.54) is 4.88 Å². The predicted octanol–water partition coefficient (Wildman–Crippen LogP) is 1.69. The van der Waals surface area contributed by atoms with E-state index in [0.717, 1.165) is 17.6 Å². The van der Waals surface area contributed by atoms with Gasteiger partial charge in [-0.2, -0.15) is 0 Å². The lowest BCUT2D eigenvalue weighted by atomic mass is 10.0.